The molecule has 5 heteroatoms. The number of hydrogen-bond acceptors (Lipinski definition) is 3. The van der Waals surface area contributed by atoms with Gasteiger partial charge in [0.15, 0.2) is 5.82 Å². The molecule has 2 fully saturated rings. The first kappa shape index (κ1) is 9.72. The topological polar surface area (TPSA) is 45.7 Å². The van der Waals surface area contributed by atoms with Gasteiger partial charge >= 0.3 is 0 Å². The van der Waals surface area contributed by atoms with E-state index in [2.05, 4.69) is 4.98 Å². The number of halogens is 1. The van der Waals surface area contributed by atoms with Crippen molar-refractivity contribution in [2.45, 2.75) is 18.6 Å². The summed E-state index contributed by atoms with van der Waals surface area (Å²) in [5.41, 5.74) is 0.0918. The minimum absolute atomic E-state index is 0.0918. The van der Waals surface area contributed by atoms with Gasteiger partial charge in [0.05, 0.1) is 17.9 Å². The normalized spacial score (nSPS) is 27.4. The number of ether oxygens (including phenoxy) is 1. The van der Waals surface area contributed by atoms with Crippen LogP contribution in [0.3, 0.4) is 0 Å². The van der Waals surface area contributed by atoms with Gasteiger partial charge in [-0.2, -0.15) is 0 Å². The summed E-state index contributed by atoms with van der Waals surface area (Å²) in [6, 6.07) is 1.41. The first-order chi connectivity index (χ1) is 7.75. The molecule has 2 atom stereocenters. The molecular formula is C11H11FN2O2. The van der Waals surface area contributed by atoms with Crippen molar-refractivity contribution in [2.24, 2.45) is 0 Å². The van der Waals surface area contributed by atoms with Gasteiger partial charge in [-0.25, -0.2) is 4.39 Å². The Labute approximate surface area is 92.0 Å². The molecule has 0 unspecified atom stereocenters. The number of hydrogen-bond donors (Lipinski definition) is 0. The first-order valence-corrected chi connectivity index (χ1v) is 5.30. The van der Waals surface area contributed by atoms with E-state index in [0.717, 1.165) is 12.6 Å². The number of carbonyl (C=O) groups excluding carboxylic acids is 1. The summed E-state index contributed by atoms with van der Waals surface area (Å²) < 4.78 is 18.7. The van der Waals surface area contributed by atoms with Crippen molar-refractivity contribution in [2.75, 3.05) is 13.1 Å². The summed E-state index contributed by atoms with van der Waals surface area (Å²) in [7, 11) is 0. The lowest BCUT2D eigenvalue weighted by Gasteiger charge is -2.24. The molecule has 2 saturated heterocycles. The summed E-state index contributed by atoms with van der Waals surface area (Å²) >= 11 is 0. The van der Waals surface area contributed by atoms with Crippen molar-refractivity contribution in [1.29, 1.82) is 0 Å². The molecule has 2 aliphatic heterocycles. The largest absolute Gasteiger partial charge is 0.368 e. The van der Waals surface area contributed by atoms with Crippen molar-refractivity contribution in [3.8, 4) is 0 Å². The van der Waals surface area contributed by atoms with Crippen LogP contribution in [-0.4, -0.2) is 41.1 Å². The van der Waals surface area contributed by atoms with Crippen molar-refractivity contribution in [3.05, 3.63) is 29.8 Å². The highest BCUT2D eigenvalue weighted by molar-refractivity contribution is 5.94. The highest BCUT2D eigenvalue weighted by Crippen LogP contribution is 2.31. The third-order valence-corrected chi connectivity index (χ3v) is 3.06. The molecule has 3 heterocycles. The number of likely N-dealkylation sites (tertiary alicyclic amines) is 1. The second-order valence-corrected chi connectivity index (χ2v) is 4.11. The van der Waals surface area contributed by atoms with E-state index in [1.54, 1.807) is 4.90 Å². The fraction of sp³-hybridized carbons (Fsp3) is 0.455. The molecule has 3 rings (SSSR count). The summed E-state index contributed by atoms with van der Waals surface area (Å²) in [5, 5.41) is 0. The van der Waals surface area contributed by atoms with Gasteiger partial charge in [0.25, 0.3) is 5.91 Å². The molecule has 0 N–H and O–H groups in total. The summed E-state index contributed by atoms with van der Waals surface area (Å²) in [6.07, 6.45) is 3.84. The van der Waals surface area contributed by atoms with Gasteiger partial charge in [-0.15, -0.1) is 0 Å². The Balaban J connectivity index is 1.79. The second kappa shape index (κ2) is 3.52. The SMILES string of the molecule is O=C(c1ccncc1F)N1CC[C@@H]2O[C@H]2C1. The van der Waals surface area contributed by atoms with Crippen LogP contribution in [0.5, 0.6) is 0 Å². The highest BCUT2D eigenvalue weighted by Gasteiger charge is 2.44. The van der Waals surface area contributed by atoms with E-state index in [-0.39, 0.29) is 17.6 Å². The molecule has 1 aromatic heterocycles. The Morgan fingerprint density at radius 2 is 2.44 bits per heavy atom. The van der Waals surface area contributed by atoms with Crippen LogP contribution in [0.1, 0.15) is 16.8 Å². The number of amides is 1. The number of piperidine rings is 1. The average Bonchev–Trinajstić information content (AvgIpc) is 3.06. The van der Waals surface area contributed by atoms with Crippen molar-refractivity contribution in [1.82, 2.24) is 9.88 Å². The number of rotatable bonds is 1. The summed E-state index contributed by atoms with van der Waals surface area (Å²) in [6.45, 7) is 1.22. The maximum atomic E-state index is 13.4. The molecule has 0 radical (unpaired) electrons. The fourth-order valence-electron chi connectivity index (χ4n) is 2.09. The standard InChI is InChI=1S/C11H11FN2O2/c12-8-5-13-3-1-7(8)11(15)14-4-2-9-10(6-14)16-9/h1,3,5,9-10H,2,4,6H2/t9-,10-/m0/s1. The molecule has 84 valence electrons. The Morgan fingerprint density at radius 3 is 3.19 bits per heavy atom. The van der Waals surface area contributed by atoms with Crippen molar-refractivity contribution in [3.63, 3.8) is 0 Å². The van der Waals surface area contributed by atoms with E-state index in [4.69, 9.17) is 4.74 Å². The van der Waals surface area contributed by atoms with Gasteiger partial charge in [0.2, 0.25) is 0 Å². The lowest BCUT2D eigenvalue weighted by Crippen LogP contribution is -2.39. The molecule has 0 aromatic carbocycles. The lowest BCUT2D eigenvalue weighted by molar-refractivity contribution is 0.0731. The van der Waals surface area contributed by atoms with Gasteiger partial charge in [-0.1, -0.05) is 0 Å². The molecule has 0 aliphatic carbocycles. The van der Waals surface area contributed by atoms with Crippen molar-refractivity contribution >= 4 is 5.91 Å². The molecule has 1 aromatic rings. The average molecular weight is 222 g/mol. The third-order valence-electron chi connectivity index (χ3n) is 3.06. The maximum absolute atomic E-state index is 13.4. The van der Waals surface area contributed by atoms with Crippen molar-refractivity contribution < 1.29 is 13.9 Å². The molecular weight excluding hydrogens is 211 g/mol. The van der Waals surface area contributed by atoms with Gasteiger partial charge < -0.3 is 9.64 Å². The predicted molar refractivity (Wildman–Crippen MR) is 53.4 cm³/mol. The molecule has 16 heavy (non-hydrogen) atoms. The number of aromatic nitrogens is 1. The zero-order valence-corrected chi connectivity index (χ0v) is 8.60. The number of carbonyl (C=O) groups is 1. The van der Waals surface area contributed by atoms with Crippen LogP contribution in [0.2, 0.25) is 0 Å². The molecule has 0 saturated carbocycles. The quantitative estimate of drug-likeness (QED) is 0.661. The Kier molecular flexibility index (Phi) is 2.14. The second-order valence-electron chi connectivity index (χ2n) is 4.11. The predicted octanol–water partition coefficient (Wildman–Crippen LogP) is 0.834. The zero-order valence-electron chi connectivity index (χ0n) is 8.60. The van der Waals surface area contributed by atoms with E-state index in [9.17, 15) is 9.18 Å². The first-order valence-electron chi connectivity index (χ1n) is 5.30. The van der Waals surface area contributed by atoms with Gasteiger partial charge in [-0.05, 0) is 12.5 Å². The minimum atomic E-state index is -0.564. The number of pyridine rings is 1. The van der Waals surface area contributed by atoms with E-state index in [1.807, 2.05) is 0 Å². The van der Waals surface area contributed by atoms with Crippen LogP contribution in [-0.2, 0) is 4.74 Å². The summed E-state index contributed by atoms with van der Waals surface area (Å²) in [5.74, 6) is -0.833. The fourth-order valence-corrected chi connectivity index (χ4v) is 2.09. The maximum Gasteiger partial charge on any atom is 0.257 e. The van der Waals surface area contributed by atoms with Crippen LogP contribution >= 0.6 is 0 Å². The lowest BCUT2D eigenvalue weighted by atomic mass is 10.1. The molecule has 4 nitrogen and oxygen atoms in total. The Hall–Kier alpha value is -1.49. The van der Waals surface area contributed by atoms with Gasteiger partial charge in [0, 0.05) is 19.3 Å². The van der Waals surface area contributed by atoms with Crippen LogP contribution < -0.4 is 0 Å². The Bertz CT molecular complexity index is 438. The number of fused-ring (bicyclic) bond motifs is 1. The van der Waals surface area contributed by atoms with Crippen LogP contribution in [0.4, 0.5) is 4.39 Å². The van der Waals surface area contributed by atoms with Gasteiger partial charge in [-0.3, -0.25) is 9.78 Å². The van der Waals surface area contributed by atoms with Crippen LogP contribution in [0.15, 0.2) is 18.5 Å². The highest BCUT2D eigenvalue weighted by atomic mass is 19.1. The zero-order chi connectivity index (χ0) is 11.1. The minimum Gasteiger partial charge on any atom is -0.368 e. The van der Waals surface area contributed by atoms with Crippen LogP contribution in [0.25, 0.3) is 0 Å². The van der Waals surface area contributed by atoms with E-state index in [0.29, 0.717) is 19.2 Å². The Morgan fingerprint density at radius 1 is 1.56 bits per heavy atom. The van der Waals surface area contributed by atoms with E-state index in [1.165, 1.54) is 12.3 Å². The van der Waals surface area contributed by atoms with E-state index < -0.39 is 5.82 Å². The molecule has 2 aliphatic rings. The molecule has 0 bridgehead atoms. The third kappa shape index (κ3) is 1.57. The molecule has 0 spiro atoms. The summed E-state index contributed by atoms with van der Waals surface area (Å²) in [4.78, 5) is 17.3. The number of nitrogens with zero attached hydrogens (tertiary/aromatic N) is 2. The number of epoxide rings is 1. The molecule has 1 amide bonds. The smallest absolute Gasteiger partial charge is 0.257 e. The van der Waals surface area contributed by atoms with Crippen LogP contribution in [0, 0.1) is 5.82 Å². The monoisotopic (exact) mass is 222 g/mol. The van der Waals surface area contributed by atoms with E-state index >= 15 is 0 Å². The van der Waals surface area contributed by atoms with Gasteiger partial charge in [0.1, 0.15) is 6.10 Å².